The second-order valence-corrected chi connectivity index (χ2v) is 3.51. The lowest BCUT2D eigenvalue weighted by Gasteiger charge is -2.17. The first-order valence-corrected chi connectivity index (χ1v) is 5.04. The highest BCUT2D eigenvalue weighted by Gasteiger charge is 2.50. The van der Waals surface area contributed by atoms with E-state index in [4.69, 9.17) is 0 Å². The largest absolute Gasteiger partial charge is 0.438 e. The van der Waals surface area contributed by atoms with Gasteiger partial charge >= 0.3 is 6.09 Å². The van der Waals surface area contributed by atoms with Gasteiger partial charge in [-0.3, -0.25) is 4.90 Å². The minimum Gasteiger partial charge on any atom is -0.438 e. The number of carbonyl (C=O) groups is 1. The molecule has 1 atom stereocenters. The second kappa shape index (κ2) is 4.74. The number of likely N-dealkylation sites (tertiary alicyclic amines) is 1. The van der Waals surface area contributed by atoms with Crippen LogP contribution in [0.15, 0.2) is 0 Å². The Morgan fingerprint density at radius 3 is 2.73 bits per heavy atom. The molecule has 1 rings (SSSR count). The van der Waals surface area contributed by atoms with E-state index in [1.165, 1.54) is 0 Å². The van der Waals surface area contributed by atoms with Crippen molar-refractivity contribution in [1.82, 2.24) is 10.2 Å². The quantitative estimate of drug-likeness (QED) is 0.776. The van der Waals surface area contributed by atoms with Crippen LogP contribution in [0.3, 0.4) is 0 Å². The highest BCUT2D eigenvalue weighted by atomic mass is 19.3. The lowest BCUT2D eigenvalue weighted by atomic mass is 10.2. The first kappa shape index (κ1) is 12.2. The van der Waals surface area contributed by atoms with Crippen LogP contribution in [0.2, 0.25) is 0 Å². The smallest absolute Gasteiger partial charge is 0.407 e. The minimum atomic E-state index is -2.94. The molecule has 0 aromatic heterocycles. The Labute approximate surface area is 87.6 Å². The molecule has 1 N–H and O–H groups in total. The summed E-state index contributed by atoms with van der Waals surface area (Å²) in [5, 5.41) is 2.33. The Hall–Kier alpha value is -0.910. The zero-order chi connectivity index (χ0) is 11.5. The van der Waals surface area contributed by atoms with Gasteiger partial charge in [0.25, 0.3) is 5.92 Å². The number of hydrogen-bond acceptors (Lipinski definition) is 3. The molecule has 1 unspecified atom stereocenters. The Morgan fingerprint density at radius 1 is 1.60 bits per heavy atom. The topological polar surface area (TPSA) is 41.6 Å². The first-order chi connectivity index (χ1) is 6.99. The molecule has 1 aliphatic heterocycles. The summed E-state index contributed by atoms with van der Waals surface area (Å²) in [6.07, 6.45) is -2.11. The van der Waals surface area contributed by atoms with E-state index in [0.717, 1.165) is 0 Å². The molecule has 1 heterocycles. The van der Waals surface area contributed by atoms with Gasteiger partial charge < -0.3 is 10.1 Å². The van der Waals surface area contributed by atoms with Gasteiger partial charge in [-0.15, -0.1) is 0 Å². The number of halogens is 2. The maximum Gasteiger partial charge on any atom is 0.407 e. The van der Waals surface area contributed by atoms with Crippen molar-refractivity contribution < 1.29 is 18.3 Å². The second-order valence-electron chi connectivity index (χ2n) is 3.51. The summed E-state index contributed by atoms with van der Waals surface area (Å²) in [5.41, 5.74) is 0. The zero-order valence-electron chi connectivity index (χ0n) is 8.93. The standard InChI is InChI=1S/C9H16F2N2O2/c1-3-12-8(14)15-7-5-13(4-2)6-9(7,10)11/h7H,3-6H2,1-2H3,(H,12,14). The van der Waals surface area contributed by atoms with Gasteiger partial charge in [0.05, 0.1) is 6.54 Å². The van der Waals surface area contributed by atoms with E-state index < -0.39 is 18.1 Å². The van der Waals surface area contributed by atoms with Crippen LogP contribution in [-0.2, 0) is 4.74 Å². The van der Waals surface area contributed by atoms with Crippen LogP contribution in [0, 0.1) is 0 Å². The molecule has 0 radical (unpaired) electrons. The van der Waals surface area contributed by atoms with E-state index in [1.54, 1.807) is 18.7 Å². The molecule has 1 fully saturated rings. The maximum atomic E-state index is 13.3. The van der Waals surface area contributed by atoms with Crippen LogP contribution in [0.4, 0.5) is 13.6 Å². The molecular weight excluding hydrogens is 206 g/mol. The van der Waals surface area contributed by atoms with Gasteiger partial charge in [0.15, 0.2) is 6.10 Å². The van der Waals surface area contributed by atoms with E-state index in [2.05, 4.69) is 10.1 Å². The number of ether oxygens (including phenoxy) is 1. The van der Waals surface area contributed by atoms with E-state index in [1.807, 2.05) is 0 Å². The van der Waals surface area contributed by atoms with E-state index in [9.17, 15) is 13.6 Å². The number of alkyl halides is 2. The summed E-state index contributed by atoms with van der Waals surface area (Å²) in [7, 11) is 0. The average Bonchev–Trinajstić information content (AvgIpc) is 2.42. The lowest BCUT2D eigenvalue weighted by Crippen LogP contribution is -2.39. The van der Waals surface area contributed by atoms with Crippen molar-refractivity contribution in [2.75, 3.05) is 26.2 Å². The molecule has 0 aliphatic carbocycles. The third-order valence-electron chi connectivity index (χ3n) is 2.35. The van der Waals surface area contributed by atoms with Crippen LogP contribution in [-0.4, -0.2) is 49.2 Å². The van der Waals surface area contributed by atoms with Crippen molar-refractivity contribution in [2.24, 2.45) is 0 Å². The molecule has 0 aromatic carbocycles. The molecule has 0 spiro atoms. The summed E-state index contributed by atoms with van der Waals surface area (Å²) in [6, 6.07) is 0. The van der Waals surface area contributed by atoms with Crippen LogP contribution in [0.5, 0.6) is 0 Å². The van der Waals surface area contributed by atoms with Crippen molar-refractivity contribution in [3.63, 3.8) is 0 Å². The molecule has 1 saturated heterocycles. The Balaban J connectivity index is 2.50. The molecule has 0 saturated carbocycles. The number of rotatable bonds is 3. The van der Waals surface area contributed by atoms with E-state index in [0.29, 0.717) is 13.1 Å². The van der Waals surface area contributed by atoms with Crippen molar-refractivity contribution in [3.05, 3.63) is 0 Å². The van der Waals surface area contributed by atoms with Gasteiger partial charge in [-0.25, -0.2) is 13.6 Å². The predicted molar refractivity (Wildman–Crippen MR) is 51.0 cm³/mol. The Kier molecular flexibility index (Phi) is 3.84. The van der Waals surface area contributed by atoms with Gasteiger partial charge in [-0.1, -0.05) is 6.92 Å². The van der Waals surface area contributed by atoms with Crippen LogP contribution in [0.25, 0.3) is 0 Å². The highest BCUT2D eigenvalue weighted by Crippen LogP contribution is 2.29. The first-order valence-electron chi connectivity index (χ1n) is 5.04. The van der Waals surface area contributed by atoms with Crippen molar-refractivity contribution >= 4 is 6.09 Å². The van der Waals surface area contributed by atoms with Gasteiger partial charge in [-0.2, -0.15) is 0 Å². The maximum absolute atomic E-state index is 13.3. The summed E-state index contributed by atoms with van der Waals surface area (Å²) >= 11 is 0. The molecule has 0 bridgehead atoms. The predicted octanol–water partition coefficient (Wildman–Crippen LogP) is 1.07. The Morgan fingerprint density at radius 2 is 2.27 bits per heavy atom. The SMILES string of the molecule is CCNC(=O)OC1CN(CC)CC1(F)F. The highest BCUT2D eigenvalue weighted by molar-refractivity contribution is 5.67. The fraction of sp³-hybridized carbons (Fsp3) is 0.889. The zero-order valence-corrected chi connectivity index (χ0v) is 8.93. The van der Waals surface area contributed by atoms with Crippen LogP contribution in [0.1, 0.15) is 13.8 Å². The number of hydrogen-bond donors (Lipinski definition) is 1. The monoisotopic (exact) mass is 222 g/mol. The molecular formula is C9H16F2N2O2. The summed E-state index contributed by atoms with van der Waals surface area (Å²) in [6.45, 7) is 4.16. The summed E-state index contributed by atoms with van der Waals surface area (Å²) in [4.78, 5) is 12.6. The molecule has 4 nitrogen and oxygen atoms in total. The fourth-order valence-corrected chi connectivity index (χ4v) is 1.51. The van der Waals surface area contributed by atoms with Gasteiger partial charge in [-0.05, 0) is 13.5 Å². The summed E-state index contributed by atoms with van der Waals surface area (Å²) < 4.78 is 31.3. The van der Waals surface area contributed by atoms with Crippen molar-refractivity contribution in [2.45, 2.75) is 25.9 Å². The van der Waals surface area contributed by atoms with E-state index >= 15 is 0 Å². The molecule has 1 amide bonds. The fourth-order valence-electron chi connectivity index (χ4n) is 1.51. The van der Waals surface area contributed by atoms with Crippen molar-refractivity contribution in [3.8, 4) is 0 Å². The van der Waals surface area contributed by atoms with Crippen LogP contribution >= 0.6 is 0 Å². The normalized spacial score (nSPS) is 25.2. The van der Waals surface area contributed by atoms with E-state index in [-0.39, 0.29) is 13.1 Å². The van der Waals surface area contributed by atoms with Gasteiger partial charge in [0.1, 0.15) is 0 Å². The molecule has 15 heavy (non-hydrogen) atoms. The molecule has 0 aromatic rings. The number of likely N-dealkylation sites (N-methyl/N-ethyl adjacent to an activating group) is 1. The van der Waals surface area contributed by atoms with Gasteiger partial charge in [0, 0.05) is 13.1 Å². The molecule has 1 aliphatic rings. The van der Waals surface area contributed by atoms with Crippen LogP contribution < -0.4 is 5.32 Å². The lowest BCUT2D eigenvalue weighted by molar-refractivity contribution is -0.0776. The number of alkyl carbamates (subject to hydrolysis) is 1. The molecule has 6 heteroatoms. The number of nitrogens with one attached hydrogen (secondary N) is 1. The number of carbonyl (C=O) groups excluding carboxylic acids is 1. The van der Waals surface area contributed by atoms with Gasteiger partial charge in [0.2, 0.25) is 0 Å². The molecule has 88 valence electrons. The summed E-state index contributed by atoms with van der Waals surface area (Å²) in [5.74, 6) is -2.94. The number of amides is 1. The average molecular weight is 222 g/mol. The Bertz CT molecular complexity index is 236. The minimum absolute atomic E-state index is 0.0979. The number of nitrogens with zero attached hydrogens (tertiary/aromatic N) is 1. The van der Waals surface area contributed by atoms with Crippen molar-refractivity contribution in [1.29, 1.82) is 0 Å². The third-order valence-corrected chi connectivity index (χ3v) is 2.35. The third kappa shape index (κ3) is 3.02.